The summed E-state index contributed by atoms with van der Waals surface area (Å²) in [6, 6.07) is 0. The third kappa shape index (κ3) is 2.40. The van der Waals surface area contributed by atoms with Crippen LogP contribution in [0.15, 0.2) is 0 Å². The summed E-state index contributed by atoms with van der Waals surface area (Å²) in [7, 11) is 0. The molecule has 0 radical (unpaired) electrons. The van der Waals surface area contributed by atoms with Crippen LogP contribution >= 0.6 is 0 Å². The normalized spacial score (nSPS) is 38.2. The maximum absolute atomic E-state index is 10.5. The molecule has 3 N–H and O–H groups in total. The zero-order valence-electron chi connectivity index (χ0n) is 9.86. The van der Waals surface area contributed by atoms with E-state index < -0.39 is 0 Å². The Hall–Kier alpha value is -0.160. The minimum absolute atomic E-state index is 0.233. The van der Waals surface area contributed by atoms with E-state index in [0.29, 0.717) is 19.8 Å². The molecule has 94 valence electrons. The van der Waals surface area contributed by atoms with Gasteiger partial charge in [-0.25, -0.2) is 0 Å². The maximum atomic E-state index is 10.5. The molecule has 2 aliphatic heterocycles. The Balaban J connectivity index is 2.00. The van der Waals surface area contributed by atoms with Gasteiger partial charge in [-0.15, -0.1) is 0 Å². The molecule has 16 heavy (non-hydrogen) atoms. The summed E-state index contributed by atoms with van der Waals surface area (Å²) < 4.78 is 10.9. The molecule has 0 amide bonds. The molecule has 2 rings (SSSR count). The van der Waals surface area contributed by atoms with Crippen LogP contribution in [0, 0.1) is 11.3 Å². The van der Waals surface area contributed by atoms with Gasteiger partial charge in [0.15, 0.2) is 0 Å². The Morgan fingerprint density at radius 2 is 2.12 bits per heavy atom. The van der Waals surface area contributed by atoms with E-state index in [9.17, 15) is 5.11 Å². The fourth-order valence-electron chi connectivity index (χ4n) is 2.90. The van der Waals surface area contributed by atoms with Crippen molar-refractivity contribution in [1.82, 2.24) is 0 Å². The average Bonchev–Trinajstić information content (AvgIpc) is 2.39. The molecule has 2 aliphatic rings. The molecule has 3 unspecified atom stereocenters. The first kappa shape index (κ1) is 12.3. The van der Waals surface area contributed by atoms with Gasteiger partial charge in [0.1, 0.15) is 0 Å². The van der Waals surface area contributed by atoms with Crippen LogP contribution in [-0.4, -0.2) is 44.2 Å². The van der Waals surface area contributed by atoms with Gasteiger partial charge in [0.2, 0.25) is 0 Å². The maximum Gasteiger partial charge on any atom is 0.0680 e. The Morgan fingerprint density at radius 3 is 2.69 bits per heavy atom. The number of rotatable bonds is 3. The number of ether oxygens (including phenoxy) is 2. The predicted molar refractivity (Wildman–Crippen MR) is 61.1 cm³/mol. The van der Waals surface area contributed by atoms with Gasteiger partial charge in [-0.05, 0) is 25.7 Å². The van der Waals surface area contributed by atoms with Crippen LogP contribution in [0.3, 0.4) is 0 Å². The summed E-state index contributed by atoms with van der Waals surface area (Å²) in [4.78, 5) is 0. The van der Waals surface area contributed by atoms with E-state index in [0.717, 1.165) is 38.9 Å². The molecule has 0 aromatic heterocycles. The zero-order chi connectivity index (χ0) is 11.4. The molecule has 3 atom stereocenters. The van der Waals surface area contributed by atoms with Crippen molar-refractivity contribution in [3.8, 4) is 0 Å². The lowest BCUT2D eigenvalue weighted by atomic mass is 9.71. The minimum Gasteiger partial charge on any atom is -0.392 e. The smallest absolute Gasteiger partial charge is 0.0680 e. The van der Waals surface area contributed by atoms with Crippen molar-refractivity contribution >= 4 is 0 Å². The van der Waals surface area contributed by atoms with Crippen molar-refractivity contribution < 1.29 is 14.6 Å². The standard InChI is InChI=1S/C12H23NO3/c13-8-12(4-2-6-16-9-12)11(14)10-3-1-5-15-7-10/h10-11,14H,1-9,13H2. The van der Waals surface area contributed by atoms with Crippen LogP contribution in [0.2, 0.25) is 0 Å². The fourth-order valence-corrected chi connectivity index (χ4v) is 2.90. The molecule has 2 fully saturated rings. The van der Waals surface area contributed by atoms with Crippen LogP contribution < -0.4 is 5.73 Å². The van der Waals surface area contributed by atoms with Gasteiger partial charge in [-0.2, -0.15) is 0 Å². The molecule has 0 saturated carbocycles. The van der Waals surface area contributed by atoms with Crippen LogP contribution in [-0.2, 0) is 9.47 Å². The van der Waals surface area contributed by atoms with E-state index in [4.69, 9.17) is 15.2 Å². The Labute approximate surface area is 97.1 Å². The summed E-state index contributed by atoms with van der Waals surface area (Å²) in [5.41, 5.74) is 5.63. The number of nitrogens with two attached hydrogens (primary N) is 1. The van der Waals surface area contributed by atoms with Crippen molar-refractivity contribution in [3.63, 3.8) is 0 Å². The van der Waals surface area contributed by atoms with Crippen LogP contribution in [0.1, 0.15) is 25.7 Å². The van der Waals surface area contributed by atoms with E-state index in [1.165, 1.54) is 0 Å². The minimum atomic E-state index is -0.377. The second-order valence-electron chi connectivity index (χ2n) is 5.14. The highest BCUT2D eigenvalue weighted by Crippen LogP contribution is 2.37. The summed E-state index contributed by atoms with van der Waals surface area (Å²) in [5, 5.41) is 10.5. The predicted octanol–water partition coefficient (Wildman–Crippen LogP) is 0.529. The van der Waals surface area contributed by atoms with Crippen molar-refractivity contribution in [2.45, 2.75) is 31.8 Å². The third-order valence-electron chi connectivity index (χ3n) is 4.03. The molecular formula is C12H23NO3. The second kappa shape index (κ2) is 5.45. The lowest BCUT2D eigenvalue weighted by Gasteiger charge is -2.43. The van der Waals surface area contributed by atoms with Crippen LogP contribution in [0.5, 0.6) is 0 Å². The van der Waals surface area contributed by atoms with Crippen LogP contribution in [0.4, 0.5) is 0 Å². The number of hydrogen-bond acceptors (Lipinski definition) is 4. The molecule has 0 spiro atoms. The molecule has 0 aliphatic carbocycles. The van der Waals surface area contributed by atoms with E-state index in [-0.39, 0.29) is 17.4 Å². The summed E-state index contributed by atoms with van der Waals surface area (Å²) in [6.45, 7) is 3.40. The molecule has 0 aromatic rings. The van der Waals surface area contributed by atoms with Gasteiger partial charge in [-0.1, -0.05) is 0 Å². The summed E-state index contributed by atoms with van der Waals surface area (Å²) in [6.07, 6.45) is 3.69. The van der Waals surface area contributed by atoms with Crippen LogP contribution in [0.25, 0.3) is 0 Å². The van der Waals surface area contributed by atoms with Crippen molar-refractivity contribution in [3.05, 3.63) is 0 Å². The van der Waals surface area contributed by atoms with E-state index in [1.807, 2.05) is 0 Å². The lowest BCUT2D eigenvalue weighted by Crippen LogP contribution is -2.52. The molecule has 4 nitrogen and oxygen atoms in total. The zero-order valence-corrected chi connectivity index (χ0v) is 9.86. The van der Waals surface area contributed by atoms with E-state index in [1.54, 1.807) is 0 Å². The first-order valence-corrected chi connectivity index (χ1v) is 6.32. The van der Waals surface area contributed by atoms with E-state index in [2.05, 4.69) is 0 Å². The van der Waals surface area contributed by atoms with Gasteiger partial charge in [-0.3, -0.25) is 0 Å². The molecule has 2 saturated heterocycles. The average molecular weight is 229 g/mol. The summed E-state index contributed by atoms with van der Waals surface area (Å²) in [5.74, 6) is 0.235. The van der Waals surface area contributed by atoms with Gasteiger partial charge in [0.25, 0.3) is 0 Å². The van der Waals surface area contributed by atoms with E-state index >= 15 is 0 Å². The summed E-state index contributed by atoms with van der Waals surface area (Å²) >= 11 is 0. The molecular weight excluding hydrogens is 206 g/mol. The molecule has 0 bridgehead atoms. The number of aliphatic hydroxyl groups excluding tert-OH is 1. The quantitative estimate of drug-likeness (QED) is 0.741. The molecule has 4 heteroatoms. The van der Waals surface area contributed by atoms with Gasteiger partial charge in [0.05, 0.1) is 19.3 Å². The number of hydrogen-bond donors (Lipinski definition) is 2. The monoisotopic (exact) mass is 229 g/mol. The van der Waals surface area contributed by atoms with Crippen molar-refractivity contribution in [2.75, 3.05) is 33.0 Å². The van der Waals surface area contributed by atoms with Gasteiger partial charge < -0.3 is 20.3 Å². The highest BCUT2D eigenvalue weighted by molar-refractivity contribution is 4.93. The molecule has 2 heterocycles. The molecule has 0 aromatic carbocycles. The largest absolute Gasteiger partial charge is 0.392 e. The third-order valence-corrected chi connectivity index (χ3v) is 4.03. The topological polar surface area (TPSA) is 64.7 Å². The number of aliphatic hydroxyl groups is 1. The first-order chi connectivity index (χ1) is 7.78. The van der Waals surface area contributed by atoms with Gasteiger partial charge >= 0.3 is 0 Å². The SMILES string of the molecule is NCC1(C(O)C2CCCOC2)CCCOC1. The van der Waals surface area contributed by atoms with Gasteiger partial charge in [0, 0.05) is 31.1 Å². The lowest BCUT2D eigenvalue weighted by molar-refractivity contribution is -0.119. The Morgan fingerprint density at radius 1 is 1.31 bits per heavy atom. The highest BCUT2D eigenvalue weighted by Gasteiger charge is 2.42. The Kier molecular flexibility index (Phi) is 4.19. The highest BCUT2D eigenvalue weighted by atomic mass is 16.5. The Bertz CT molecular complexity index is 210. The van der Waals surface area contributed by atoms with Crippen molar-refractivity contribution in [2.24, 2.45) is 17.1 Å². The van der Waals surface area contributed by atoms with Crippen molar-refractivity contribution in [1.29, 1.82) is 0 Å². The second-order valence-corrected chi connectivity index (χ2v) is 5.14. The fraction of sp³-hybridized carbons (Fsp3) is 1.00. The first-order valence-electron chi connectivity index (χ1n) is 6.32.